The summed E-state index contributed by atoms with van der Waals surface area (Å²) in [4.78, 5) is 12.6. The second-order valence-electron chi connectivity index (χ2n) is 1.76. The average molecular weight is 192 g/mol. The third-order valence-corrected chi connectivity index (χ3v) is 1.10. The molecule has 0 aromatic rings. The summed E-state index contributed by atoms with van der Waals surface area (Å²) in [6, 6.07) is 0. The van der Waals surface area contributed by atoms with Gasteiger partial charge in [0, 0.05) is 6.54 Å². The molecule has 0 amide bonds. The first kappa shape index (κ1) is 11.4. The minimum atomic E-state index is -2.74. The molecule has 12 heavy (non-hydrogen) atoms. The van der Waals surface area contributed by atoms with E-state index in [4.69, 9.17) is 4.89 Å². The Morgan fingerprint density at radius 1 is 1.67 bits per heavy atom. The highest BCUT2D eigenvalue weighted by Crippen LogP contribution is 2.15. The molecule has 0 rings (SSSR count). The van der Waals surface area contributed by atoms with Gasteiger partial charge in [0.05, 0.1) is 0 Å². The second-order valence-corrected chi connectivity index (χ2v) is 2.39. The lowest BCUT2D eigenvalue weighted by molar-refractivity contribution is -0.239. The van der Waals surface area contributed by atoms with E-state index in [0.29, 0.717) is 6.54 Å². The quantitative estimate of drug-likeness (QED) is 0.206. The Hall–Kier alpha value is -0.580. The normalized spacial score (nSPS) is 13.6. The Bertz CT molecular complexity index is 173. The summed E-state index contributed by atoms with van der Waals surface area (Å²) >= 11 is 0. The number of hydrogen-bond donors (Lipinski definition) is 2. The van der Waals surface area contributed by atoms with E-state index in [1.165, 1.54) is 6.08 Å². The molecule has 0 aliphatic carbocycles. The van der Waals surface area contributed by atoms with Crippen molar-refractivity contribution in [3.05, 3.63) is 25.3 Å². The van der Waals surface area contributed by atoms with Crippen LogP contribution >= 0.6 is 8.25 Å². The summed E-state index contributed by atoms with van der Waals surface area (Å²) in [6.45, 7) is 7.36. The zero-order valence-electron chi connectivity index (χ0n) is 6.47. The Morgan fingerprint density at radius 2 is 2.33 bits per heavy atom. The fourth-order valence-electron chi connectivity index (χ4n) is 0.439. The van der Waals surface area contributed by atoms with Gasteiger partial charge in [-0.3, -0.25) is 10.2 Å². The molecule has 0 bridgehead atoms. The van der Waals surface area contributed by atoms with Crippen molar-refractivity contribution in [2.24, 2.45) is 0 Å². The highest BCUT2D eigenvalue weighted by Gasteiger charge is 2.04. The fourth-order valence-corrected chi connectivity index (χ4v) is 0.606. The van der Waals surface area contributed by atoms with Gasteiger partial charge < -0.3 is 0 Å². The van der Waals surface area contributed by atoms with Crippen molar-refractivity contribution >= 4 is 8.25 Å². The van der Waals surface area contributed by atoms with Crippen LogP contribution in [0.25, 0.3) is 0 Å². The topological polar surface area (TPSA) is 67.8 Å². The van der Waals surface area contributed by atoms with E-state index in [-0.39, 0.29) is 0 Å². The molecule has 69 valence electrons. The molecule has 0 aromatic carbocycles. The molecule has 0 aliphatic heterocycles. The lowest BCUT2D eigenvalue weighted by atomic mass is 10.5. The van der Waals surface area contributed by atoms with Gasteiger partial charge in [-0.1, -0.05) is 12.7 Å². The van der Waals surface area contributed by atoms with Gasteiger partial charge in [0.25, 0.3) is 0 Å². The molecule has 0 spiro atoms. The largest absolute Gasteiger partial charge is 0.395 e. The van der Waals surface area contributed by atoms with E-state index in [1.54, 1.807) is 6.08 Å². The zero-order chi connectivity index (χ0) is 9.40. The van der Waals surface area contributed by atoms with Crippen molar-refractivity contribution in [1.82, 2.24) is 5.32 Å². The van der Waals surface area contributed by atoms with Gasteiger partial charge in [-0.2, -0.15) is 4.89 Å². The maximum absolute atomic E-state index is 10.0. The first-order valence-corrected chi connectivity index (χ1v) is 4.30. The van der Waals surface area contributed by atoms with Gasteiger partial charge in [0.1, 0.15) is 0 Å². The third-order valence-electron chi connectivity index (χ3n) is 0.888. The Kier molecular flexibility index (Phi) is 6.75. The predicted octanol–water partition coefficient (Wildman–Crippen LogP) is 0.872. The summed E-state index contributed by atoms with van der Waals surface area (Å²) in [5.41, 5.74) is 0. The zero-order valence-corrected chi connectivity index (χ0v) is 7.37. The van der Waals surface area contributed by atoms with Gasteiger partial charge >= 0.3 is 8.25 Å². The molecule has 0 aliphatic rings. The van der Waals surface area contributed by atoms with Crippen molar-refractivity contribution < 1.29 is 19.0 Å². The first-order valence-electron chi connectivity index (χ1n) is 3.17. The molecular weight excluding hydrogens is 181 g/mol. The summed E-state index contributed by atoms with van der Waals surface area (Å²) in [6.07, 6.45) is 2.38. The van der Waals surface area contributed by atoms with Crippen molar-refractivity contribution in [2.45, 2.75) is 6.23 Å². The van der Waals surface area contributed by atoms with Gasteiger partial charge in [-0.15, -0.1) is 11.3 Å². The highest BCUT2D eigenvalue weighted by atomic mass is 31.1. The number of nitrogens with one attached hydrogen (secondary N) is 1. The summed E-state index contributed by atoms with van der Waals surface area (Å²) < 4.78 is 14.0. The SMILES string of the molecule is C=CCNC(C=C)OO[P](=O)O. The minimum Gasteiger partial charge on any atom is -0.297 e. The Morgan fingerprint density at radius 3 is 2.75 bits per heavy atom. The molecule has 0 saturated heterocycles. The van der Waals surface area contributed by atoms with E-state index in [1.807, 2.05) is 0 Å². The maximum atomic E-state index is 10.0. The van der Waals surface area contributed by atoms with Crippen molar-refractivity contribution in [3.8, 4) is 0 Å². The maximum Gasteiger partial charge on any atom is 0.395 e. The molecule has 2 N–H and O–H groups in total. The van der Waals surface area contributed by atoms with Crippen LogP contribution in [0.5, 0.6) is 0 Å². The van der Waals surface area contributed by atoms with Crippen LogP contribution in [-0.2, 0) is 14.1 Å². The standard InChI is InChI=1S/C6H11NO4P/c1-3-5-7-6(4-2)10-11-12(8)9/h3-4,6-7H,1-2,5H2,(H,8,9). The van der Waals surface area contributed by atoms with Crippen LogP contribution in [0.3, 0.4) is 0 Å². The Balaban J connectivity index is 3.59. The average Bonchev–Trinajstić information content (AvgIpc) is 2.05. The number of hydrogen-bond acceptors (Lipinski definition) is 4. The van der Waals surface area contributed by atoms with Crippen LogP contribution in [0.4, 0.5) is 0 Å². The van der Waals surface area contributed by atoms with Crippen LogP contribution in [-0.4, -0.2) is 17.7 Å². The van der Waals surface area contributed by atoms with Crippen LogP contribution in [0, 0.1) is 0 Å². The summed E-state index contributed by atoms with van der Waals surface area (Å²) in [5, 5.41) is 2.75. The van der Waals surface area contributed by atoms with Crippen molar-refractivity contribution in [1.29, 1.82) is 0 Å². The molecule has 2 atom stereocenters. The number of rotatable bonds is 7. The molecule has 2 unspecified atom stereocenters. The van der Waals surface area contributed by atoms with E-state index in [9.17, 15) is 4.57 Å². The lowest BCUT2D eigenvalue weighted by Gasteiger charge is -2.10. The van der Waals surface area contributed by atoms with Gasteiger partial charge in [-0.25, -0.2) is 4.57 Å². The fraction of sp³-hybridized carbons (Fsp3) is 0.333. The van der Waals surface area contributed by atoms with Crippen LogP contribution in [0.2, 0.25) is 0 Å². The smallest absolute Gasteiger partial charge is 0.297 e. The molecule has 0 saturated carbocycles. The Labute approximate surface area is 71.6 Å². The van der Waals surface area contributed by atoms with Crippen LogP contribution in [0.15, 0.2) is 25.3 Å². The van der Waals surface area contributed by atoms with Crippen LogP contribution < -0.4 is 5.32 Å². The molecular formula is C6H11NO4P. The van der Waals surface area contributed by atoms with Gasteiger partial charge in [0.2, 0.25) is 0 Å². The van der Waals surface area contributed by atoms with E-state index in [2.05, 4.69) is 28.0 Å². The van der Waals surface area contributed by atoms with E-state index < -0.39 is 14.5 Å². The minimum absolute atomic E-state index is 0.488. The molecule has 1 radical (unpaired) electrons. The van der Waals surface area contributed by atoms with Gasteiger partial charge in [-0.05, 0) is 6.08 Å². The van der Waals surface area contributed by atoms with E-state index >= 15 is 0 Å². The van der Waals surface area contributed by atoms with Gasteiger partial charge in [0.15, 0.2) is 6.23 Å². The van der Waals surface area contributed by atoms with Crippen molar-refractivity contribution in [3.63, 3.8) is 0 Å². The second kappa shape index (κ2) is 7.09. The molecule has 0 fully saturated rings. The van der Waals surface area contributed by atoms with Crippen molar-refractivity contribution in [2.75, 3.05) is 6.54 Å². The predicted molar refractivity (Wildman–Crippen MR) is 44.2 cm³/mol. The van der Waals surface area contributed by atoms with E-state index in [0.717, 1.165) is 0 Å². The highest BCUT2D eigenvalue weighted by molar-refractivity contribution is 7.31. The third kappa shape index (κ3) is 6.15. The molecule has 0 heterocycles. The van der Waals surface area contributed by atoms with Crippen LogP contribution in [0.1, 0.15) is 0 Å². The summed E-state index contributed by atoms with van der Waals surface area (Å²) in [5.74, 6) is 0. The summed E-state index contributed by atoms with van der Waals surface area (Å²) in [7, 11) is -2.74. The monoisotopic (exact) mass is 192 g/mol. The molecule has 6 heteroatoms. The first-order chi connectivity index (χ1) is 5.70. The molecule has 0 aromatic heterocycles. The molecule has 5 nitrogen and oxygen atoms in total. The lowest BCUT2D eigenvalue weighted by Crippen LogP contribution is -2.29.